The molecule has 106 valence electrons. The van der Waals surface area contributed by atoms with E-state index in [2.05, 4.69) is 15.9 Å². The quantitative estimate of drug-likeness (QED) is 0.772. The van der Waals surface area contributed by atoms with Gasteiger partial charge in [-0.3, -0.25) is 0 Å². The smallest absolute Gasteiger partial charge is 0.348 e. The summed E-state index contributed by atoms with van der Waals surface area (Å²) in [6.45, 7) is 3.97. The maximum Gasteiger partial charge on any atom is 0.348 e. The van der Waals surface area contributed by atoms with Crippen molar-refractivity contribution in [3.63, 3.8) is 0 Å². The monoisotopic (exact) mass is 373 g/mol. The second-order valence-corrected chi connectivity index (χ2v) is 7.02. The van der Waals surface area contributed by atoms with E-state index in [-0.39, 0.29) is 10.8 Å². The number of thiophene rings is 1. The van der Waals surface area contributed by atoms with Crippen molar-refractivity contribution in [1.29, 1.82) is 0 Å². The number of carboxylic acids is 1. The van der Waals surface area contributed by atoms with Crippen molar-refractivity contribution in [2.75, 3.05) is 5.73 Å². The number of aromatic carboxylic acids is 1. The van der Waals surface area contributed by atoms with Crippen LogP contribution >= 0.6 is 38.9 Å². The molecule has 0 aliphatic heterocycles. The van der Waals surface area contributed by atoms with Crippen molar-refractivity contribution in [2.45, 2.75) is 19.8 Å². The Hall–Kier alpha value is -1.04. The van der Waals surface area contributed by atoms with Gasteiger partial charge in [0.15, 0.2) is 0 Å². The van der Waals surface area contributed by atoms with Gasteiger partial charge in [-0.1, -0.05) is 41.4 Å². The van der Waals surface area contributed by atoms with Gasteiger partial charge >= 0.3 is 5.97 Å². The average Bonchev–Trinajstić information content (AvgIpc) is 2.70. The zero-order valence-corrected chi connectivity index (χ0v) is 14.1. The van der Waals surface area contributed by atoms with Gasteiger partial charge in [-0.2, -0.15) is 0 Å². The fraction of sp³-hybridized carbons (Fsp3) is 0.214. The van der Waals surface area contributed by atoms with E-state index in [1.165, 1.54) is 11.3 Å². The van der Waals surface area contributed by atoms with Crippen LogP contribution in [0.1, 0.15) is 35.0 Å². The third-order valence-electron chi connectivity index (χ3n) is 2.93. The highest BCUT2D eigenvalue weighted by Crippen LogP contribution is 2.45. The van der Waals surface area contributed by atoms with Gasteiger partial charge in [-0.15, -0.1) is 11.3 Å². The Morgan fingerprint density at radius 3 is 2.65 bits per heavy atom. The maximum atomic E-state index is 11.3. The number of halogens is 2. The van der Waals surface area contributed by atoms with Gasteiger partial charge in [-0.05, 0) is 29.7 Å². The van der Waals surface area contributed by atoms with E-state index in [1.807, 2.05) is 26.0 Å². The largest absolute Gasteiger partial charge is 0.477 e. The zero-order chi connectivity index (χ0) is 15.0. The number of rotatable bonds is 3. The Morgan fingerprint density at radius 2 is 2.10 bits per heavy atom. The minimum absolute atomic E-state index is 0.115. The molecule has 0 atom stereocenters. The number of anilines is 1. The van der Waals surface area contributed by atoms with E-state index in [0.29, 0.717) is 10.7 Å². The van der Waals surface area contributed by atoms with E-state index >= 15 is 0 Å². The first-order valence-corrected chi connectivity index (χ1v) is 7.92. The number of benzene rings is 1. The van der Waals surface area contributed by atoms with Crippen LogP contribution in [0.3, 0.4) is 0 Å². The summed E-state index contributed by atoms with van der Waals surface area (Å²) >= 11 is 10.8. The predicted octanol–water partition coefficient (Wildman–Crippen LogP) is 5.23. The molecule has 0 fully saturated rings. The molecule has 0 amide bonds. The fourth-order valence-electron chi connectivity index (χ4n) is 2.06. The summed E-state index contributed by atoms with van der Waals surface area (Å²) in [5.41, 5.74) is 7.98. The number of hydrogen-bond donors (Lipinski definition) is 2. The zero-order valence-electron chi connectivity index (χ0n) is 10.9. The normalized spacial score (nSPS) is 11.1. The average molecular weight is 375 g/mol. The van der Waals surface area contributed by atoms with Gasteiger partial charge in [0.05, 0.1) is 5.69 Å². The number of carboxylic acid groups (broad SMARTS) is 1. The van der Waals surface area contributed by atoms with Gasteiger partial charge in [0, 0.05) is 19.9 Å². The van der Waals surface area contributed by atoms with Crippen molar-refractivity contribution in [3.8, 4) is 10.4 Å². The lowest BCUT2D eigenvalue weighted by atomic mass is 9.98. The molecule has 6 heteroatoms. The van der Waals surface area contributed by atoms with Crippen LogP contribution in [0.5, 0.6) is 0 Å². The molecule has 0 radical (unpaired) electrons. The molecule has 0 aliphatic carbocycles. The Labute approximate surface area is 134 Å². The Bertz CT molecular complexity index is 682. The first-order chi connectivity index (χ1) is 9.32. The molecule has 3 nitrogen and oxygen atoms in total. The summed E-state index contributed by atoms with van der Waals surface area (Å²) < 4.78 is 0.885. The topological polar surface area (TPSA) is 63.3 Å². The summed E-state index contributed by atoms with van der Waals surface area (Å²) in [5, 5.41) is 9.82. The Balaban J connectivity index is 2.76. The predicted molar refractivity (Wildman–Crippen MR) is 87.9 cm³/mol. The van der Waals surface area contributed by atoms with Crippen LogP contribution in [-0.4, -0.2) is 11.1 Å². The molecule has 0 saturated carbocycles. The molecule has 20 heavy (non-hydrogen) atoms. The lowest BCUT2D eigenvalue weighted by Gasteiger charge is -2.10. The molecule has 2 aromatic rings. The third-order valence-corrected chi connectivity index (χ3v) is 4.99. The van der Waals surface area contributed by atoms with E-state index in [0.717, 1.165) is 20.5 Å². The minimum Gasteiger partial charge on any atom is -0.477 e. The van der Waals surface area contributed by atoms with Crippen molar-refractivity contribution in [2.24, 2.45) is 0 Å². The highest BCUT2D eigenvalue weighted by Gasteiger charge is 2.24. The molecule has 0 saturated heterocycles. The van der Waals surface area contributed by atoms with Gasteiger partial charge in [0.25, 0.3) is 0 Å². The van der Waals surface area contributed by atoms with Crippen LogP contribution < -0.4 is 5.73 Å². The molecule has 0 aliphatic rings. The number of hydrogen-bond acceptors (Lipinski definition) is 3. The van der Waals surface area contributed by atoms with Crippen molar-refractivity contribution in [3.05, 3.63) is 38.1 Å². The molecular weight excluding hydrogens is 362 g/mol. The number of nitrogens with two attached hydrogens (primary N) is 1. The minimum atomic E-state index is -1.01. The molecule has 1 aromatic heterocycles. The molecule has 2 rings (SSSR count). The van der Waals surface area contributed by atoms with Crippen LogP contribution in [0.2, 0.25) is 5.02 Å². The second-order valence-electron chi connectivity index (χ2n) is 4.67. The second kappa shape index (κ2) is 5.76. The van der Waals surface area contributed by atoms with Crippen LogP contribution in [0, 0.1) is 0 Å². The van der Waals surface area contributed by atoms with Gasteiger partial charge in [0.2, 0.25) is 0 Å². The summed E-state index contributed by atoms with van der Waals surface area (Å²) in [4.78, 5) is 12.3. The number of carbonyl (C=O) groups is 1. The van der Waals surface area contributed by atoms with Crippen LogP contribution in [0.25, 0.3) is 10.4 Å². The third kappa shape index (κ3) is 2.71. The number of nitrogen functional groups attached to an aromatic ring is 1. The van der Waals surface area contributed by atoms with Crippen molar-refractivity contribution < 1.29 is 9.90 Å². The standard InChI is InChI=1S/C14H13BrClNO2S/c1-6(2)10-11(17)13(14(18)19)20-12(10)8-5-7(15)3-4-9(8)16/h3-6H,17H2,1-2H3,(H,18,19). The first kappa shape index (κ1) is 15.4. The van der Waals surface area contributed by atoms with Gasteiger partial charge in [-0.25, -0.2) is 4.79 Å². The fourth-order valence-corrected chi connectivity index (χ4v) is 3.94. The highest BCUT2D eigenvalue weighted by molar-refractivity contribution is 9.10. The molecule has 0 unspecified atom stereocenters. The SMILES string of the molecule is CC(C)c1c(-c2cc(Br)ccc2Cl)sc(C(=O)O)c1N. The molecule has 3 N–H and O–H groups in total. The Morgan fingerprint density at radius 1 is 1.45 bits per heavy atom. The van der Waals surface area contributed by atoms with Crippen LogP contribution in [-0.2, 0) is 0 Å². The van der Waals surface area contributed by atoms with E-state index in [9.17, 15) is 9.90 Å². The van der Waals surface area contributed by atoms with E-state index in [4.69, 9.17) is 17.3 Å². The van der Waals surface area contributed by atoms with Crippen molar-refractivity contribution in [1.82, 2.24) is 0 Å². The summed E-state index contributed by atoms with van der Waals surface area (Å²) in [6.07, 6.45) is 0. The molecular formula is C14H13BrClNO2S. The lowest BCUT2D eigenvalue weighted by molar-refractivity contribution is 0.0703. The molecule has 0 spiro atoms. The summed E-state index contributed by atoms with van der Waals surface area (Å²) in [7, 11) is 0. The van der Waals surface area contributed by atoms with E-state index < -0.39 is 5.97 Å². The van der Waals surface area contributed by atoms with Gasteiger partial charge in [0.1, 0.15) is 4.88 Å². The molecule has 1 heterocycles. The first-order valence-electron chi connectivity index (χ1n) is 5.93. The maximum absolute atomic E-state index is 11.3. The molecule has 0 bridgehead atoms. The van der Waals surface area contributed by atoms with Crippen LogP contribution in [0.15, 0.2) is 22.7 Å². The van der Waals surface area contributed by atoms with E-state index in [1.54, 1.807) is 6.07 Å². The Kier molecular flexibility index (Phi) is 4.42. The summed E-state index contributed by atoms with van der Waals surface area (Å²) in [5.74, 6) is -0.892. The van der Waals surface area contributed by atoms with Gasteiger partial charge < -0.3 is 10.8 Å². The highest BCUT2D eigenvalue weighted by atomic mass is 79.9. The molecule has 1 aromatic carbocycles. The summed E-state index contributed by atoms with van der Waals surface area (Å²) in [6, 6.07) is 5.50. The lowest BCUT2D eigenvalue weighted by Crippen LogP contribution is -2.00. The van der Waals surface area contributed by atoms with Crippen LogP contribution in [0.4, 0.5) is 5.69 Å². The van der Waals surface area contributed by atoms with Crippen molar-refractivity contribution >= 4 is 50.5 Å².